The average Bonchev–Trinajstić information content (AvgIpc) is 2.49. The number of ether oxygens (including phenoxy) is 1. The zero-order valence-electron chi connectivity index (χ0n) is 9.78. The van der Waals surface area contributed by atoms with Gasteiger partial charge in [-0.1, -0.05) is 0 Å². The zero-order valence-corrected chi connectivity index (χ0v) is 9.78. The molecule has 0 unspecified atom stereocenters. The maximum absolute atomic E-state index is 12.6. The standard InChI is InChI=1S/C11H17F3O2/c1-9(2,11(12,13)14)8(15)16-10(3)6-4-5-7-10/h4-7H2,1-3H3. The van der Waals surface area contributed by atoms with Crippen LogP contribution in [0.15, 0.2) is 0 Å². The lowest BCUT2D eigenvalue weighted by molar-refractivity contribution is -0.231. The normalized spacial score (nSPS) is 20.9. The summed E-state index contributed by atoms with van der Waals surface area (Å²) in [5, 5.41) is 0. The van der Waals surface area contributed by atoms with Crippen molar-refractivity contribution in [2.75, 3.05) is 0 Å². The third-order valence-electron chi connectivity index (χ3n) is 3.22. The van der Waals surface area contributed by atoms with Crippen molar-refractivity contribution in [2.24, 2.45) is 5.41 Å². The minimum absolute atomic E-state index is 0.646. The van der Waals surface area contributed by atoms with Gasteiger partial charge in [-0.3, -0.25) is 4.79 Å². The highest BCUT2D eigenvalue weighted by atomic mass is 19.4. The van der Waals surface area contributed by atoms with Gasteiger partial charge in [0.15, 0.2) is 5.41 Å². The van der Waals surface area contributed by atoms with Gasteiger partial charge in [0.05, 0.1) is 0 Å². The molecule has 1 aliphatic carbocycles. The lowest BCUT2D eigenvalue weighted by atomic mass is 9.92. The molecule has 0 spiro atoms. The largest absolute Gasteiger partial charge is 0.459 e. The van der Waals surface area contributed by atoms with E-state index < -0.39 is 23.2 Å². The second-order valence-corrected chi connectivity index (χ2v) is 5.17. The molecular weight excluding hydrogens is 221 g/mol. The second kappa shape index (κ2) is 3.93. The second-order valence-electron chi connectivity index (χ2n) is 5.17. The van der Waals surface area contributed by atoms with Crippen molar-refractivity contribution in [1.29, 1.82) is 0 Å². The number of carbonyl (C=O) groups is 1. The number of alkyl halides is 3. The number of hydrogen-bond acceptors (Lipinski definition) is 2. The molecule has 16 heavy (non-hydrogen) atoms. The van der Waals surface area contributed by atoms with Crippen molar-refractivity contribution in [3.63, 3.8) is 0 Å². The Balaban J connectivity index is 2.72. The van der Waals surface area contributed by atoms with E-state index in [-0.39, 0.29) is 0 Å². The Hall–Kier alpha value is -0.740. The van der Waals surface area contributed by atoms with E-state index in [1.54, 1.807) is 6.92 Å². The van der Waals surface area contributed by atoms with Gasteiger partial charge in [-0.2, -0.15) is 13.2 Å². The van der Waals surface area contributed by atoms with Gasteiger partial charge in [-0.05, 0) is 46.5 Å². The van der Waals surface area contributed by atoms with Crippen molar-refractivity contribution >= 4 is 5.97 Å². The summed E-state index contributed by atoms with van der Waals surface area (Å²) < 4.78 is 42.8. The van der Waals surface area contributed by atoms with E-state index in [0.29, 0.717) is 12.8 Å². The molecule has 1 fully saturated rings. The summed E-state index contributed by atoms with van der Waals surface area (Å²) in [6.07, 6.45) is -1.48. The van der Waals surface area contributed by atoms with Crippen LogP contribution in [0.5, 0.6) is 0 Å². The SMILES string of the molecule is CC1(OC(=O)C(C)(C)C(F)(F)F)CCCC1. The van der Waals surface area contributed by atoms with Gasteiger partial charge in [0.25, 0.3) is 0 Å². The number of esters is 1. The molecule has 0 amide bonds. The number of rotatable bonds is 2. The fraction of sp³-hybridized carbons (Fsp3) is 0.909. The van der Waals surface area contributed by atoms with Crippen molar-refractivity contribution in [3.8, 4) is 0 Å². The summed E-state index contributed by atoms with van der Waals surface area (Å²) in [5.41, 5.74) is -3.14. The molecule has 0 aromatic heterocycles. The molecule has 0 heterocycles. The number of hydrogen-bond donors (Lipinski definition) is 0. The van der Waals surface area contributed by atoms with Crippen LogP contribution in [0.25, 0.3) is 0 Å². The van der Waals surface area contributed by atoms with E-state index in [1.807, 2.05) is 0 Å². The molecule has 0 atom stereocenters. The summed E-state index contributed by atoms with van der Waals surface area (Å²) in [7, 11) is 0. The van der Waals surface area contributed by atoms with Gasteiger partial charge >= 0.3 is 12.1 Å². The molecule has 2 nitrogen and oxygen atoms in total. The lowest BCUT2D eigenvalue weighted by Gasteiger charge is -2.31. The van der Waals surface area contributed by atoms with Gasteiger partial charge in [-0.25, -0.2) is 0 Å². The summed E-state index contributed by atoms with van der Waals surface area (Å²) in [5.74, 6) is -1.18. The molecule has 1 aliphatic rings. The van der Waals surface area contributed by atoms with E-state index in [9.17, 15) is 18.0 Å². The molecular formula is C11H17F3O2. The van der Waals surface area contributed by atoms with Crippen LogP contribution in [0.1, 0.15) is 46.5 Å². The number of carbonyl (C=O) groups excluding carboxylic acids is 1. The first-order chi connectivity index (χ1) is 7.08. The summed E-state index contributed by atoms with van der Waals surface area (Å²) in [4.78, 5) is 11.5. The van der Waals surface area contributed by atoms with Gasteiger partial charge in [0.1, 0.15) is 5.60 Å². The fourth-order valence-electron chi connectivity index (χ4n) is 1.69. The first kappa shape index (κ1) is 13.3. The monoisotopic (exact) mass is 238 g/mol. The highest BCUT2D eigenvalue weighted by molar-refractivity contribution is 5.77. The summed E-state index contributed by atoms with van der Waals surface area (Å²) in [6, 6.07) is 0. The molecule has 0 saturated heterocycles. The average molecular weight is 238 g/mol. The van der Waals surface area contributed by atoms with Gasteiger partial charge in [0.2, 0.25) is 0 Å². The molecule has 0 bridgehead atoms. The Morgan fingerprint density at radius 1 is 1.19 bits per heavy atom. The van der Waals surface area contributed by atoms with Crippen LogP contribution in [-0.2, 0) is 9.53 Å². The maximum atomic E-state index is 12.6. The van der Waals surface area contributed by atoms with Gasteiger partial charge < -0.3 is 4.74 Å². The zero-order chi connectivity index (χ0) is 12.6. The number of halogens is 3. The molecule has 0 N–H and O–H groups in total. The molecule has 1 rings (SSSR count). The van der Waals surface area contributed by atoms with E-state index in [0.717, 1.165) is 26.7 Å². The van der Waals surface area contributed by atoms with Crippen molar-refractivity contribution in [1.82, 2.24) is 0 Å². The van der Waals surface area contributed by atoms with Crippen LogP contribution in [0.4, 0.5) is 13.2 Å². The quantitative estimate of drug-likeness (QED) is 0.689. The molecule has 0 radical (unpaired) electrons. The predicted molar refractivity (Wildman–Crippen MR) is 52.8 cm³/mol. The van der Waals surface area contributed by atoms with Crippen LogP contribution < -0.4 is 0 Å². The van der Waals surface area contributed by atoms with Crippen LogP contribution in [-0.4, -0.2) is 17.7 Å². The molecule has 5 heteroatoms. The van der Waals surface area contributed by atoms with Crippen LogP contribution in [0, 0.1) is 5.41 Å². The summed E-state index contributed by atoms with van der Waals surface area (Å²) >= 11 is 0. The van der Waals surface area contributed by atoms with E-state index in [1.165, 1.54) is 0 Å². The predicted octanol–water partition coefficient (Wildman–Crippen LogP) is 3.45. The molecule has 0 aromatic rings. The van der Waals surface area contributed by atoms with Crippen molar-refractivity contribution in [2.45, 2.75) is 58.2 Å². The minimum atomic E-state index is -4.57. The highest BCUT2D eigenvalue weighted by Gasteiger charge is 2.55. The summed E-state index contributed by atoms with van der Waals surface area (Å²) in [6.45, 7) is 3.41. The molecule has 0 aliphatic heterocycles. The molecule has 0 aromatic carbocycles. The Morgan fingerprint density at radius 2 is 1.62 bits per heavy atom. The first-order valence-corrected chi connectivity index (χ1v) is 5.39. The minimum Gasteiger partial charge on any atom is -0.459 e. The Labute approximate surface area is 93.2 Å². The van der Waals surface area contributed by atoms with Crippen LogP contribution in [0.3, 0.4) is 0 Å². The Kier molecular flexibility index (Phi) is 3.27. The van der Waals surface area contributed by atoms with Crippen LogP contribution >= 0.6 is 0 Å². The third-order valence-corrected chi connectivity index (χ3v) is 3.22. The fourth-order valence-corrected chi connectivity index (χ4v) is 1.69. The highest BCUT2D eigenvalue weighted by Crippen LogP contribution is 2.41. The smallest absolute Gasteiger partial charge is 0.404 e. The lowest BCUT2D eigenvalue weighted by Crippen LogP contribution is -2.44. The Morgan fingerprint density at radius 3 is 2.00 bits per heavy atom. The van der Waals surface area contributed by atoms with Crippen LogP contribution in [0.2, 0.25) is 0 Å². The molecule has 1 saturated carbocycles. The van der Waals surface area contributed by atoms with E-state index in [2.05, 4.69) is 0 Å². The maximum Gasteiger partial charge on any atom is 0.404 e. The molecule has 94 valence electrons. The van der Waals surface area contributed by atoms with Gasteiger partial charge in [0, 0.05) is 0 Å². The first-order valence-electron chi connectivity index (χ1n) is 5.39. The van der Waals surface area contributed by atoms with Crippen molar-refractivity contribution in [3.05, 3.63) is 0 Å². The van der Waals surface area contributed by atoms with Crippen molar-refractivity contribution < 1.29 is 22.7 Å². The third kappa shape index (κ3) is 2.50. The van der Waals surface area contributed by atoms with E-state index in [4.69, 9.17) is 4.74 Å². The van der Waals surface area contributed by atoms with Gasteiger partial charge in [-0.15, -0.1) is 0 Å². The Bertz CT molecular complexity index is 275. The topological polar surface area (TPSA) is 26.3 Å². The van der Waals surface area contributed by atoms with E-state index >= 15 is 0 Å².